The molecule has 35 heavy (non-hydrogen) atoms. The summed E-state index contributed by atoms with van der Waals surface area (Å²) in [6, 6.07) is 10.4. The van der Waals surface area contributed by atoms with Crippen molar-refractivity contribution < 1.29 is 18.0 Å². The fourth-order valence-electron chi connectivity index (χ4n) is 4.24. The van der Waals surface area contributed by atoms with E-state index < -0.39 is 10.0 Å². The van der Waals surface area contributed by atoms with Crippen LogP contribution in [0.3, 0.4) is 0 Å². The van der Waals surface area contributed by atoms with Crippen LogP contribution in [0.4, 0.5) is 5.69 Å². The van der Waals surface area contributed by atoms with Gasteiger partial charge in [0.15, 0.2) is 0 Å². The Morgan fingerprint density at radius 1 is 1.09 bits per heavy atom. The van der Waals surface area contributed by atoms with Crippen molar-refractivity contribution in [2.45, 2.75) is 18.7 Å². The van der Waals surface area contributed by atoms with Crippen LogP contribution in [0.5, 0.6) is 0 Å². The zero-order valence-corrected chi connectivity index (χ0v) is 20.7. The average molecular weight is 499 g/mol. The maximum atomic E-state index is 13.2. The van der Waals surface area contributed by atoms with Crippen LogP contribution in [0.25, 0.3) is 11.0 Å². The number of piperazine rings is 1. The summed E-state index contributed by atoms with van der Waals surface area (Å²) in [5, 5.41) is 3.41. The van der Waals surface area contributed by atoms with E-state index in [2.05, 4.69) is 15.3 Å². The number of hydrogen-bond acceptors (Lipinski definition) is 6. The fraction of sp³-hybridized carbons (Fsp3) is 0.375. The lowest BCUT2D eigenvalue weighted by Gasteiger charge is -2.33. The SMILES string of the molecule is CCN(CC)C(=O)c1cccc(NC(=O)CN2CCN(S(=O)(=O)c3c[nH]c4ncccc34)CC2)c1. The molecule has 1 aliphatic rings. The molecule has 2 amide bonds. The largest absolute Gasteiger partial charge is 0.345 e. The molecule has 0 unspecified atom stereocenters. The minimum Gasteiger partial charge on any atom is -0.345 e. The van der Waals surface area contributed by atoms with Gasteiger partial charge in [-0.1, -0.05) is 6.07 Å². The summed E-state index contributed by atoms with van der Waals surface area (Å²) in [4.78, 5) is 36.1. The number of amides is 2. The van der Waals surface area contributed by atoms with Gasteiger partial charge in [-0.15, -0.1) is 0 Å². The molecule has 3 aromatic rings. The molecule has 2 N–H and O–H groups in total. The van der Waals surface area contributed by atoms with Crippen molar-refractivity contribution in [3.05, 3.63) is 54.4 Å². The second kappa shape index (κ2) is 10.5. The molecule has 0 aliphatic carbocycles. The summed E-state index contributed by atoms with van der Waals surface area (Å²) in [5.41, 5.74) is 1.62. The molecule has 0 atom stereocenters. The molecule has 11 heteroatoms. The normalized spacial score (nSPS) is 15.3. The molecule has 0 radical (unpaired) electrons. The first kappa shape index (κ1) is 24.8. The number of nitrogens with zero attached hydrogens (tertiary/aromatic N) is 4. The van der Waals surface area contributed by atoms with Gasteiger partial charge < -0.3 is 15.2 Å². The second-order valence-corrected chi connectivity index (χ2v) is 10.2. The van der Waals surface area contributed by atoms with E-state index in [0.29, 0.717) is 48.5 Å². The molecule has 1 aliphatic heterocycles. The molecule has 0 bridgehead atoms. The number of H-pyrrole nitrogens is 1. The van der Waals surface area contributed by atoms with Crippen LogP contribution in [-0.2, 0) is 14.8 Å². The third-order valence-corrected chi connectivity index (χ3v) is 8.11. The van der Waals surface area contributed by atoms with Crippen molar-refractivity contribution >= 4 is 38.6 Å². The van der Waals surface area contributed by atoms with Crippen LogP contribution < -0.4 is 5.32 Å². The first-order valence-corrected chi connectivity index (χ1v) is 13.1. The van der Waals surface area contributed by atoms with Gasteiger partial charge >= 0.3 is 0 Å². The summed E-state index contributed by atoms with van der Waals surface area (Å²) in [7, 11) is -3.67. The van der Waals surface area contributed by atoms with Crippen molar-refractivity contribution in [1.29, 1.82) is 0 Å². The van der Waals surface area contributed by atoms with E-state index in [1.807, 2.05) is 18.7 Å². The van der Waals surface area contributed by atoms with E-state index in [4.69, 9.17) is 0 Å². The number of aromatic amines is 1. The number of carbonyl (C=O) groups is 2. The Bertz CT molecular complexity index is 1310. The van der Waals surface area contributed by atoms with E-state index in [1.165, 1.54) is 10.5 Å². The molecule has 2 aromatic heterocycles. The van der Waals surface area contributed by atoms with E-state index >= 15 is 0 Å². The minimum absolute atomic E-state index is 0.0746. The van der Waals surface area contributed by atoms with Crippen molar-refractivity contribution in [3.8, 4) is 0 Å². The Morgan fingerprint density at radius 3 is 2.54 bits per heavy atom. The number of anilines is 1. The lowest BCUT2D eigenvalue weighted by atomic mass is 10.1. The first-order chi connectivity index (χ1) is 16.8. The molecule has 0 spiro atoms. The van der Waals surface area contributed by atoms with Gasteiger partial charge in [-0.25, -0.2) is 13.4 Å². The number of nitrogens with one attached hydrogen (secondary N) is 2. The topological polar surface area (TPSA) is 119 Å². The molecule has 0 saturated carbocycles. The molecule has 1 aromatic carbocycles. The standard InChI is InChI=1S/C24H30N6O4S/c1-3-29(4-2)24(32)18-7-5-8-19(15-18)27-22(31)17-28-11-13-30(14-12-28)35(33,34)21-16-26-23-20(21)9-6-10-25-23/h5-10,15-16H,3-4,11-14,17H2,1-2H3,(H,25,26)(H,27,31). The number of fused-ring (bicyclic) bond motifs is 1. The quantitative estimate of drug-likeness (QED) is 0.490. The zero-order valence-electron chi connectivity index (χ0n) is 19.9. The summed E-state index contributed by atoms with van der Waals surface area (Å²) < 4.78 is 27.8. The van der Waals surface area contributed by atoms with E-state index in [1.54, 1.807) is 47.5 Å². The number of pyridine rings is 1. The number of hydrogen-bond donors (Lipinski definition) is 2. The van der Waals surface area contributed by atoms with Gasteiger partial charge in [0.05, 0.1) is 6.54 Å². The van der Waals surface area contributed by atoms with Crippen molar-refractivity contribution in [2.75, 3.05) is 51.1 Å². The van der Waals surface area contributed by atoms with Crippen molar-refractivity contribution in [1.82, 2.24) is 24.1 Å². The number of rotatable bonds is 8. The zero-order chi connectivity index (χ0) is 25.0. The molecular weight excluding hydrogens is 468 g/mol. The van der Waals surface area contributed by atoms with Crippen LogP contribution in [-0.4, -0.2) is 90.1 Å². The Balaban J connectivity index is 1.33. The monoisotopic (exact) mass is 498 g/mol. The van der Waals surface area contributed by atoms with Crippen molar-refractivity contribution in [2.24, 2.45) is 0 Å². The summed E-state index contributed by atoms with van der Waals surface area (Å²) >= 11 is 0. The predicted octanol–water partition coefficient (Wildman–Crippen LogP) is 1.99. The summed E-state index contributed by atoms with van der Waals surface area (Å²) in [6.45, 7) is 6.68. The average Bonchev–Trinajstić information content (AvgIpc) is 3.30. The maximum Gasteiger partial charge on any atom is 0.253 e. The van der Waals surface area contributed by atoms with E-state index in [0.717, 1.165) is 0 Å². The molecule has 3 heterocycles. The van der Waals surface area contributed by atoms with E-state index in [-0.39, 0.29) is 36.3 Å². The molecule has 186 valence electrons. The van der Waals surface area contributed by atoms with Gasteiger partial charge in [-0.05, 0) is 44.2 Å². The Hall–Kier alpha value is -3.28. The van der Waals surface area contributed by atoms with Crippen LogP contribution in [0.2, 0.25) is 0 Å². The van der Waals surface area contributed by atoms with Crippen LogP contribution in [0, 0.1) is 0 Å². The third-order valence-electron chi connectivity index (χ3n) is 6.17. The van der Waals surface area contributed by atoms with Crippen LogP contribution >= 0.6 is 0 Å². The molecule has 4 rings (SSSR count). The van der Waals surface area contributed by atoms with Crippen molar-refractivity contribution in [3.63, 3.8) is 0 Å². The summed E-state index contributed by atoms with van der Waals surface area (Å²) in [6.07, 6.45) is 3.09. The summed E-state index contributed by atoms with van der Waals surface area (Å²) in [5.74, 6) is -0.286. The third kappa shape index (κ3) is 5.37. The lowest BCUT2D eigenvalue weighted by Crippen LogP contribution is -2.50. The Morgan fingerprint density at radius 2 is 1.83 bits per heavy atom. The van der Waals surface area contributed by atoms with Gasteiger partial charge in [0.1, 0.15) is 10.5 Å². The molecular formula is C24H30N6O4S. The maximum absolute atomic E-state index is 13.2. The molecule has 1 saturated heterocycles. The van der Waals surface area contributed by atoms with Gasteiger partial charge in [-0.2, -0.15) is 4.31 Å². The van der Waals surface area contributed by atoms with Gasteiger partial charge in [-0.3, -0.25) is 14.5 Å². The Labute approximate surface area is 205 Å². The van der Waals surface area contributed by atoms with Crippen LogP contribution in [0.1, 0.15) is 24.2 Å². The van der Waals surface area contributed by atoms with Gasteiger partial charge in [0, 0.05) is 68.3 Å². The number of benzene rings is 1. The minimum atomic E-state index is -3.67. The lowest BCUT2D eigenvalue weighted by molar-refractivity contribution is -0.117. The highest BCUT2D eigenvalue weighted by atomic mass is 32.2. The number of aromatic nitrogens is 2. The smallest absolute Gasteiger partial charge is 0.253 e. The Kier molecular flexibility index (Phi) is 7.48. The van der Waals surface area contributed by atoms with Gasteiger partial charge in [0.25, 0.3) is 5.91 Å². The van der Waals surface area contributed by atoms with Crippen LogP contribution in [0.15, 0.2) is 53.7 Å². The fourth-order valence-corrected chi connectivity index (χ4v) is 5.81. The first-order valence-electron chi connectivity index (χ1n) is 11.7. The number of sulfonamides is 1. The highest BCUT2D eigenvalue weighted by Crippen LogP contribution is 2.25. The van der Waals surface area contributed by atoms with Gasteiger partial charge in [0.2, 0.25) is 15.9 Å². The van der Waals surface area contributed by atoms with E-state index in [9.17, 15) is 18.0 Å². The molecule has 1 fully saturated rings. The number of carbonyl (C=O) groups excluding carboxylic acids is 2. The predicted molar refractivity (Wildman–Crippen MR) is 134 cm³/mol. The highest BCUT2D eigenvalue weighted by molar-refractivity contribution is 7.89. The molecule has 10 nitrogen and oxygen atoms in total. The second-order valence-electron chi connectivity index (χ2n) is 8.34. The highest BCUT2D eigenvalue weighted by Gasteiger charge is 2.31.